The number of aryl methyl sites for hydroxylation is 1. The fourth-order valence-electron chi connectivity index (χ4n) is 1.80. The molecule has 1 fully saturated rings. The lowest BCUT2D eigenvalue weighted by atomic mass is 10.3. The van der Waals surface area contributed by atoms with Crippen LogP contribution in [0.25, 0.3) is 0 Å². The third kappa shape index (κ3) is 2.36. The predicted molar refractivity (Wildman–Crippen MR) is 68.3 cm³/mol. The summed E-state index contributed by atoms with van der Waals surface area (Å²) in [4.78, 5) is 22.9. The number of nitrogens with one attached hydrogen (secondary N) is 1. The average Bonchev–Trinajstić information content (AvgIpc) is 3.10. The second kappa shape index (κ2) is 4.29. The molecule has 1 heterocycles. The number of aromatic nitrogens is 2. The largest absolute Gasteiger partial charge is 0.330 e. The Kier molecular flexibility index (Phi) is 3.15. The lowest BCUT2D eigenvalue weighted by molar-refractivity contribution is 0.538. The molecule has 0 amide bonds. The highest BCUT2D eigenvalue weighted by Gasteiger charge is 2.45. The summed E-state index contributed by atoms with van der Waals surface area (Å²) in [6.45, 7) is 0.179. The molecule has 0 aromatic carbocycles. The van der Waals surface area contributed by atoms with Gasteiger partial charge in [0.2, 0.25) is 10.0 Å². The highest BCUT2D eigenvalue weighted by atomic mass is 32.2. The lowest BCUT2D eigenvalue weighted by Gasteiger charge is -2.15. The molecule has 1 saturated carbocycles. The monoisotopic (exact) mass is 288 g/mol. The maximum absolute atomic E-state index is 12.2. The van der Waals surface area contributed by atoms with Gasteiger partial charge in [-0.05, 0) is 12.8 Å². The molecule has 0 unspecified atom stereocenters. The first-order chi connectivity index (χ1) is 8.72. The van der Waals surface area contributed by atoms with E-state index >= 15 is 0 Å². The summed E-state index contributed by atoms with van der Waals surface area (Å²) >= 11 is 0. The Labute approximate surface area is 109 Å². The molecule has 19 heavy (non-hydrogen) atoms. The Hall–Kier alpha value is -1.45. The van der Waals surface area contributed by atoms with Gasteiger partial charge in [-0.3, -0.25) is 9.36 Å². The first-order valence-corrected chi connectivity index (χ1v) is 7.21. The topological polar surface area (TPSA) is 116 Å². The van der Waals surface area contributed by atoms with Gasteiger partial charge >= 0.3 is 5.69 Å². The molecule has 9 heteroatoms. The van der Waals surface area contributed by atoms with Crippen molar-refractivity contribution in [3.63, 3.8) is 0 Å². The van der Waals surface area contributed by atoms with E-state index in [1.165, 1.54) is 14.1 Å². The number of hydrogen-bond acceptors (Lipinski definition) is 5. The third-order valence-electron chi connectivity index (χ3n) is 3.30. The Balaban J connectivity index is 2.53. The highest BCUT2D eigenvalue weighted by molar-refractivity contribution is 7.89. The SMILES string of the molecule is Cn1cc(S(=O)(=O)NC2(CN)CC2)c(=O)n(C)c1=O. The van der Waals surface area contributed by atoms with E-state index in [2.05, 4.69) is 4.72 Å². The van der Waals surface area contributed by atoms with Crippen LogP contribution in [0.2, 0.25) is 0 Å². The minimum atomic E-state index is -3.98. The van der Waals surface area contributed by atoms with Crippen molar-refractivity contribution in [3.05, 3.63) is 27.0 Å². The maximum atomic E-state index is 12.2. The summed E-state index contributed by atoms with van der Waals surface area (Å²) in [6.07, 6.45) is 2.32. The van der Waals surface area contributed by atoms with Gasteiger partial charge in [-0.1, -0.05) is 0 Å². The minimum Gasteiger partial charge on any atom is -0.329 e. The summed E-state index contributed by atoms with van der Waals surface area (Å²) in [5.74, 6) is 0. The molecule has 0 spiro atoms. The van der Waals surface area contributed by atoms with Crippen LogP contribution in [0.15, 0.2) is 20.7 Å². The second-order valence-electron chi connectivity index (χ2n) is 4.84. The number of hydrogen-bond donors (Lipinski definition) is 2. The van der Waals surface area contributed by atoms with Crippen molar-refractivity contribution in [3.8, 4) is 0 Å². The second-order valence-corrected chi connectivity index (χ2v) is 6.49. The zero-order chi connectivity index (χ0) is 14.4. The molecule has 1 aliphatic rings. The van der Waals surface area contributed by atoms with Crippen molar-refractivity contribution in [2.75, 3.05) is 6.54 Å². The first kappa shape index (κ1) is 14.0. The molecule has 8 nitrogen and oxygen atoms in total. The van der Waals surface area contributed by atoms with Crippen molar-refractivity contribution >= 4 is 10.0 Å². The molecule has 1 aliphatic carbocycles. The van der Waals surface area contributed by atoms with Crippen LogP contribution in [0.1, 0.15) is 12.8 Å². The molecular weight excluding hydrogens is 272 g/mol. The van der Waals surface area contributed by atoms with E-state index in [4.69, 9.17) is 5.73 Å². The molecule has 0 radical (unpaired) electrons. The normalized spacial score (nSPS) is 17.4. The van der Waals surface area contributed by atoms with Crippen LogP contribution in [-0.2, 0) is 24.1 Å². The first-order valence-electron chi connectivity index (χ1n) is 5.73. The maximum Gasteiger partial charge on any atom is 0.330 e. The molecule has 0 bridgehead atoms. The zero-order valence-electron chi connectivity index (χ0n) is 10.7. The van der Waals surface area contributed by atoms with Crippen molar-refractivity contribution < 1.29 is 8.42 Å². The van der Waals surface area contributed by atoms with Crippen LogP contribution < -0.4 is 21.7 Å². The summed E-state index contributed by atoms with van der Waals surface area (Å²) in [7, 11) is -1.36. The summed E-state index contributed by atoms with van der Waals surface area (Å²) in [5, 5.41) is 0. The van der Waals surface area contributed by atoms with E-state index in [-0.39, 0.29) is 6.54 Å². The van der Waals surface area contributed by atoms with Gasteiger partial charge in [0.1, 0.15) is 0 Å². The fourth-order valence-corrected chi connectivity index (χ4v) is 3.43. The Morgan fingerprint density at radius 1 is 1.37 bits per heavy atom. The van der Waals surface area contributed by atoms with Crippen LogP contribution in [0.3, 0.4) is 0 Å². The Morgan fingerprint density at radius 3 is 2.42 bits per heavy atom. The molecule has 1 aromatic heterocycles. The van der Waals surface area contributed by atoms with Gasteiger partial charge in [0.25, 0.3) is 5.56 Å². The smallest absolute Gasteiger partial charge is 0.329 e. The summed E-state index contributed by atoms with van der Waals surface area (Å²) in [6, 6.07) is 0. The van der Waals surface area contributed by atoms with Gasteiger partial charge in [-0.25, -0.2) is 17.9 Å². The predicted octanol–water partition coefficient (Wildman–Crippen LogP) is -2.15. The van der Waals surface area contributed by atoms with Crippen LogP contribution in [-0.4, -0.2) is 29.6 Å². The van der Waals surface area contributed by atoms with E-state index in [1.54, 1.807) is 0 Å². The average molecular weight is 288 g/mol. The van der Waals surface area contributed by atoms with E-state index < -0.39 is 31.7 Å². The minimum absolute atomic E-state index is 0.179. The molecule has 0 aliphatic heterocycles. The van der Waals surface area contributed by atoms with Crippen LogP contribution in [0.4, 0.5) is 0 Å². The Morgan fingerprint density at radius 2 is 1.95 bits per heavy atom. The summed E-state index contributed by atoms with van der Waals surface area (Å²) < 4.78 is 28.6. The van der Waals surface area contributed by atoms with Crippen molar-refractivity contribution in [2.24, 2.45) is 19.8 Å². The zero-order valence-corrected chi connectivity index (χ0v) is 11.5. The van der Waals surface area contributed by atoms with E-state index in [9.17, 15) is 18.0 Å². The molecular formula is C10H16N4O4S. The van der Waals surface area contributed by atoms with Crippen LogP contribution in [0, 0.1) is 0 Å². The molecule has 106 valence electrons. The van der Waals surface area contributed by atoms with E-state index in [0.29, 0.717) is 12.8 Å². The van der Waals surface area contributed by atoms with Crippen molar-refractivity contribution in [1.82, 2.24) is 13.9 Å². The number of sulfonamides is 1. The van der Waals surface area contributed by atoms with Gasteiger partial charge in [0.05, 0.1) is 0 Å². The van der Waals surface area contributed by atoms with Crippen molar-refractivity contribution in [2.45, 2.75) is 23.3 Å². The van der Waals surface area contributed by atoms with E-state index in [0.717, 1.165) is 15.3 Å². The van der Waals surface area contributed by atoms with Crippen LogP contribution >= 0.6 is 0 Å². The Bertz CT molecular complexity index is 727. The lowest BCUT2D eigenvalue weighted by Crippen LogP contribution is -2.46. The number of nitrogens with two attached hydrogens (primary N) is 1. The van der Waals surface area contributed by atoms with Gasteiger partial charge in [0.15, 0.2) is 4.90 Å². The molecule has 1 aromatic rings. The van der Waals surface area contributed by atoms with Gasteiger partial charge < -0.3 is 10.3 Å². The van der Waals surface area contributed by atoms with Gasteiger partial charge in [-0.15, -0.1) is 0 Å². The summed E-state index contributed by atoms with van der Waals surface area (Å²) in [5.41, 5.74) is 3.45. The standard InChI is InChI=1S/C10H16N4O4S/c1-13-5-7(8(15)14(2)9(13)16)19(17,18)12-10(6-11)3-4-10/h5,12H,3-4,6,11H2,1-2H3. The van der Waals surface area contributed by atoms with E-state index in [1.807, 2.05) is 0 Å². The highest BCUT2D eigenvalue weighted by Crippen LogP contribution is 2.35. The fraction of sp³-hybridized carbons (Fsp3) is 0.600. The van der Waals surface area contributed by atoms with Crippen LogP contribution in [0.5, 0.6) is 0 Å². The number of rotatable bonds is 4. The van der Waals surface area contributed by atoms with Gasteiger partial charge in [0, 0.05) is 32.4 Å². The molecule has 0 saturated heterocycles. The number of nitrogens with zero attached hydrogens (tertiary/aromatic N) is 2. The molecule has 3 N–H and O–H groups in total. The molecule has 0 atom stereocenters. The third-order valence-corrected chi connectivity index (χ3v) is 4.86. The van der Waals surface area contributed by atoms with Gasteiger partial charge in [-0.2, -0.15) is 0 Å². The quantitative estimate of drug-likeness (QED) is 0.655. The molecule has 2 rings (SSSR count). The van der Waals surface area contributed by atoms with Crippen molar-refractivity contribution in [1.29, 1.82) is 0 Å².